The van der Waals surface area contributed by atoms with E-state index in [1.165, 1.54) is 0 Å². The van der Waals surface area contributed by atoms with Crippen molar-refractivity contribution in [2.75, 3.05) is 13.1 Å². The molecule has 1 aromatic heterocycles. The fourth-order valence-corrected chi connectivity index (χ4v) is 3.29. The lowest BCUT2D eigenvalue weighted by Gasteiger charge is -2.34. The molecule has 2 heterocycles. The number of piperidine rings is 1. The zero-order valence-corrected chi connectivity index (χ0v) is 13.1. The first-order chi connectivity index (χ1) is 9.53. The summed E-state index contributed by atoms with van der Waals surface area (Å²) in [4.78, 5) is 25.9. The van der Waals surface area contributed by atoms with Crippen LogP contribution in [0.15, 0.2) is 16.9 Å². The van der Waals surface area contributed by atoms with Gasteiger partial charge in [0.05, 0.1) is 16.7 Å². The van der Waals surface area contributed by atoms with E-state index < -0.39 is 5.41 Å². The molecule has 5 nitrogen and oxygen atoms in total. The first-order valence-electron chi connectivity index (χ1n) is 7.03. The van der Waals surface area contributed by atoms with Gasteiger partial charge < -0.3 is 4.90 Å². The molecule has 1 amide bonds. The molecule has 0 N–H and O–H groups in total. The predicted octanol–water partition coefficient (Wildman–Crippen LogP) is 2.18. The van der Waals surface area contributed by atoms with Crippen molar-refractivity contribution in [2.24, 2.45) is 5.41 Å². The summed E-state index contributed by atoms with van der Waals surface area (Å²) in [7, 11) is 0. The molecule has 1 saturated heterocycles. The Hall–Kier alpha value is -1.17. The molecule has 0 unspecified atom stereocenters. The summed E-state index contributed by atoms with van der Waals surface area (Å²) >= 11 is 3.40. The molecule has 2 fully saturated rings. The minimum absolute atomic E-state index is 0.0284. The fraction of sp³-hybridized carbons (Fsp3) is 0.643. The number of rotatable bonds is 3. The molecule has 1 aliphatic heterocycles. The molecule has 1 saturated carbocycles. The number of aromatic nitrogens is 2. The van der Waals surface area contributed by atoms with Crippen molar-refractivity contribution in [3.8, 4) is 0 Å². The summed E-state index contributed by atoms with van der Waals surface area (Å²) in [6.07, 6.45) is 7.01. The standard InChI is InChI=1S/C14H18BrN3O2/c1-10(19)14(4-5-14)13(20)17-6-2-12(3-7-17)18-9-11(15)8-16-18/h8-9,12H,2-7H2,1H3. The topological polar surface area (TPSA) is 55.2 Å². The van der Waals surface area contributed by atoms with E-state index in [2.05, 4.69) is 21.0 Å². The van der Waals surface area contributed by atoms with Gasteiger partial charge in [-0.1, -0.05) is 0 Å². The van der Waals surface area contributed by atoms with E-state index in [4.69, 9.17) is 0 Å². The third-order valence-electron chi connectivity index (χ3n) is 4.53. The molecule has 20 heavy (non-hydrogen) atoms. The Balaban J connectivity index is 1.62. The van der Waals surface area contributed by atoms with Gasteiger partial charge in [0.15, 0.2) is 0 Å². The number of Topliss-reactive ketones (excluding diaryl/α,β-unsaturated/α-hetero) is 1. The van der Waals surface area contributed by atoms with E-state index in [-0.39, 0.29) is 11.7 Å². The predicted molar refractivity (Wildman–Crippen MR) is 77.1 cm³/mol. The van der Waals surface area contributed by atoms with Crippen molar-refractivity contribution in [3.63, 3.8) is 0 Å². The highest BCUT2D eigenvalue weighted by Gasteiger charge is 2.55. The Kier molecular flexibility index (Phi) is 3.44. The number of likely N-dealkylation sites (tertiary alicyclic amines) is 1. The summed E-state index contributed by atoms with van der Waals surface area (Å²) in [5.74, 6) is 0.0747. The van der Waals surface area contributed by atoms with Gasteiger partial charge >= 0.3 is 0 Å². The van der Waals surface area contributed by atoms with E-state index in [9.17, 15) is 9.59 Å². The van der Waals surface area contributed by atoms with Crippen LogP contribution in [0.4, 0.5) is 0 Å². The van der Waals surface area contributed by atoms with Crippen molar-refractivity contribution in [1.82, 2.24) is 14.7 Å². The van der Waals surface area contributed by atoms with Gasteiger partial charge in [0.25, 0.3) is 0 Å². The quantitative estimate of drug-likeness (QED) is 0.793. The lowest BCUT2D eigenvalue weighted by atomic mass is 9.97. The van der Waals surface area contributed by atoms with Crippen LogP contribution >= 0.6 is 15.9 Å². The highest BCUT2D eigenvalue weighted by atomic mass is 79.9. The number of ketones is 1. The maximum atomic E-state index is 12.4. The third-order valence-corrected chi connectivity index (χ3v) is 4.94. The van der Waals surface area contributed by atoms with E-state index in [0.29, 0.717) is 6.04 Å². The SMILES string of the molecule is CC(=O)C1(C(=O)N2CCC(n3cc(Br)cn3)CC2)CC1. The smallest absolute Gasteiger partial charge is 0.236 e. The number of carbonyl (C=O) groups is 2. The maximum Gasteiger partial charge on any atom is 0.236 e. The number of amides is 1. The largest absolute Gasteiger partial charge is 0.342 e. The number of hydrogen-bond donors (Lipinski definition) is 0. The molecule has 2 aliphatic rings. The van der Waals surface area contributed by atoms with E-state index >= 15 is 0 Å². The van der Waals surface area contributed by atoms with Gasteiger partial charge in [-0.15, -0.1) is 0 Å². The molecule has 1 aliphatic carbocycles. The van der Waals surface area contributed by atoms with E-state index in [0.717, 1.165) is 43.2 Å². The molecule has 0 atom stereocenters. The van der Waals surface area contributed by atoms with Crippen molar-refractivity contribution in [1.29, 1.82) is 0 Å². The van der Waals surface area contributed by atoms with Gasteiger partial charge in [0.2, 0.25) is 5.91 Å². The van der Waals surface area contributed by atoms with Crippen LogP contribution in [0.3, 0.4) is 0 Å². The van der Waals surface area contributed by atoms with Crippen LogP contribution in [-0.4, -0.2) is 39.5 Å². The van der Waals surface area contributed by atoms with Crippen LogP contribution in [0.2, 0.25) is 0 Å². The highest BCUT2D eigenvalue weighted by molar-refractivity contribution is 9.10. The summed E-state index contributed by atoms with van der Waals surface area (Å²) in [6, 6.07) is 0.345. The zero-order valence-electron chi connectivity index (χ0n) is 11.5. The molecule has 6 heteroatoms. The zero-order chi connectivity index (χ0) is 14.3. The second kappa shape index (κ2) is 4.98. The number of hydrogen-bond acceptors (Lipinski definition) is 3. The molecule has 0 radical (unpaired) electrons. The van der Waals surface area contributed by atoms with E-state index in [1.807, 2.05) is 15.8 Å². The first kappa shape index (κ1) is 13.8. The Morgan fingerprint density at radius 1 is 1.35 bits per heavy atom. The van der Waals surface area contributed by atoms with Gasteiger partial charge in [-0.05, 0) is 48.5 Å². The average molecular weight is 340 g/mol. The van der Waals surface area contributed by atoms with Crippen molar-refractivity contribution >= 4 is 27.6 Å². The Morgan fingerprint density at radius 2 is 2.00 bits per heavy atom. The summed E-state index contributed by atoms with van der Waals surface area (Å²) in [5.41, 5.74) is -0.665. The Labute approximate surface area is 126 Å². The van der Waals surface area contributed by atoms with Crippen molar-refractivity contribution in [2.45, 2.75) is 38.6 Å². The summed E-state index contributed by atoms with van der Waals surface area (Å²) in [6.45, 7) is 2.98. The molecule has 0 spiro atoms. The second-order valence-electron chi connectivity index (χ2n) is 5.80. The lowest BCUT2D eigenvalue weighted by molar-refractivity contribution is -0.143. The monoisotopic (exact) mass is 339 g/mol. The number of carbonyl (C=O) groups excluding carboxylic acids is 2. The Bertz CT molecular complexity index is 542. The molecular weight excluding hydrogens is 322 g/mol. The number of nitrogens with zero attached hydrogens (tertiary/aromatic N) is 3. The van der Waals surface area contributed by atoms with Gasteiger partial charge in [-0.2, -0.15) is 5.10 Å². The lowest BCUT2D eigenvalue weighted by Crippen LogP contribution is -2.44. The van der Waals surface area contributed by atoms with Crippen molar-refractivity contribution in [3.05, 3.63) is 16.9 Å². The molecule has 108 valence electrons. The molecule has 0 bridgehead atoms. The van der Waals surface area contributed by atoms with E-state index in [1.54, 1.807) is 13.1 Å². The summed E-state index contributed by atoms with van der Waals surface area (Å²) in [5, 5.41) is 4.31. The summed E-state index contributed by atoms with van der Waals surface area (Å²) < 4.78 is 2.94. The van der Waals surface area contributed by atoms with Crippen LogP contribution in [0.25, 0.3) is 0 Å². The average Bonchev–Trinajstić information content (AvgIpc) is 3.15. The van der Waals surface area contributed by atoms with Gasteiger partial charge in [0, 0.05) is 19.3 Å². The van der Waals surface area contributed by atoms with Crippen LogP contribution in [0.5, 0.6) is 0 Å². The van der Waals surface area contributed by atoms with Crippen LogP contribution in [0, 0.1) is 5.41 Å². The molecule has 3 rings (SSSR count). The van der Waals surface area contributed by atoms with Gasteiger partial charge in [-0.25, -0.2) is 0 Å². The van der Waals surface area contributed by atoms with Gasteiger partial charge in [-0.3, -0.25) is 14.3 Å². The van der Waals surface area contributed by atoms with Crippen molar-refractivity contribution < 1.29 is 9.59 Å². The molecule has 1 aromatic rings. The second-order valence-corrected chi connectivity index (χ2v) is 6.72. The normalized spacial score (nSPS) is 21.8. The molecular formula is C14H18BrN3O2. The van der Waals surface area contributed by atoms with Crippen LogP contribution in [-0.2, 0) is 9.59 Å². The van der Waals surface area contributed by atoms with Crippen LogP contribution < -0.4 is 0 Å². The number of halogens is 1. The third kappa shape index (κ3) is 2.30. The van der Waals surface area contributed by atoms with Crippen LogP contribution in [0.1, 0.15) is 38.6 Å². The minimum Gasteiger partial charge on any atom is -0.342 e. The fourth-order valence-electron chi connectivity index (χ4n) is 2.99. The minimum atomic E-state index is -0.665. The molecule has 0 aromatic carbocycles. The van der Waals surface area contributed by atoms with Gasteiger partial charge in [0.1, 0.15) is 11.2 Å². The maximum absolute atomic E-state index is 12.4. The first-order valence-corrected chi connectivity index (χ1v) is 7.82. The Morgan fingerprint density at radius 3 is 2.45 bits per heavy atom. The highest BCUT2D eigenvalue weighted by Crippen LogP contribution is 2.48.